The topological polar surface area (TPSA) is 61.8 Å². The zero-order valence-corrected chi connectivity index (χ0v) is 21.5. The summed E-state index contributed by atoms with van der Waals surface area (Å²) in [4.78, 5) is 25.5. The van der Waals surface area contributed by atoms with Gasteiger partial charge in [0, 0.05) is 17.8 Å². The van der Waals surface area contributed by atoms with Gasteiger partial charge < -0.3 is 14.2 Å². The second kappa shape index (κ2) is 8.41. The number of ether oxygens (including phenoxy) is 3. The Morgan fingerprint density at radius 1 is 0.943 bits per heavy atom. The number of hydrogen-bond acceptors (Lipinski definition) is 5. The summed E-state index contributed by atoms with van der Waals surface area (Å²) in [5, 5.41) is 0. The van der Waals surface area contributed by atoms with Gasteiger partial charge in [-0.05, 0) is 93.1 Å². The number of esters is 1. The van der Waals surface area contributed by atoms with Gasteiger partial charge in [0.15, 0.2) is 5.79 Å². The highest BCUT2D eigenvalue weighted by Crippen LogP contribution is 2.71. The molecule has 1 heterocycles. The molecule has 5 heteroatoms. The maximum Gasteiger partial charge on any atom is 0.338 e. The molecule has 8 atom stereocenters. The van der Waals surface area contributed by atoms with Crippen LogP contribution in [-0.2, 0) is 19.0 Å². The van der Waals surface area contributed by atoms with Gasteiger partial charge >= 0.3 is 5.97 Å². The molecule has 0 unspecified atom stereocenters. The van der Waals surface area contributed by atoms with Crippen molar-refractivity contribution >= 4 is 11.8 Å². The molecule has 0 aromatic heterocycles. The standard InChI is InChI=1S/C30H40O5/c1-19(31)24-11-12-25-23-10-9-21-17-22(35-27(32)20-7-5-4-6-8-20)13-14-28(21,2)26(23)18-30(29(24,25)3)33-15-16-34-30/h4-8,21-26H,9-18H2,1-3H3/t21-,22+,23+,24-,25+,26+,28+,29-/m1/s1. The fourth-order valence-corrected chi connectivity index (χ4v) is 9.60. The fourth-order valence-electron chi connectivity index (χ4n) is 9.60. The molecule has 35 heavy (non-hydrogen) atoms. The zero-order chi connectivity index (χ0) is 24.4. The van der Waals surface area contributed by atoms with E-state index in [0.29, 0.717) is 48.2 Å². The largest absolute Gasteiger partial charge is 0.459 e. The highest BCUT2D eigenvalue weighted by Gasteiger charge is 2.71. The molecule has 5 aliphatic rings. The Morgan fingerprint density at radius 3 is 2.40 bits per heavy atom. The number of ketones is 1. The average Bonchev–Trinajstić information content (AvgIpc) is 3.47. The Bertz CT molecular complexity index is 984. The van der Waals surface area contributed by atoms with Crippen molar-refractivity contribution in [2.45, 2.75) is 84.0 Å². The molecule has 0 amide bonds. The van der Waals surface area contributed by atoms with Crippen LogP contribution in [0.15, 0.2) is 30.3 Å². The monoisotopic (exact) mass is 480 g/mol. The van der Waals surface area contributed by atoms with E-state index in [1.165, 1.54) is 12.8 Å². The number of benzene rings is 1. The minimum Gasteiger partial charge on any atom is -0.459 e. The number of hydrogen-bond donors (Lipinski definition) is 0. The molecule has 1 spiro atoms. The van der Waals surface area contributed by atoms with Crippen molar-refractivity contribution in [3.63, 3.8) is 0 Å². The summed E-state index contributed by atoms with van der Waals surface area (Å²) in [7, 11) is 0. The lowest BCUT2D eigenvalue weighted by Crippen LogP contribution is -2.65. The predicted molar refractivity (Wildman–Crippen MR) is 132 cm³/mol. The third-order valence-electron chi connectivity index (χ3n) is 11.3. The number of carbonyl (C=O) groups excluding carboxylic acids is 2. The quantitative estimate of drug-likeness (QED) is 0.511. The first-order valence-electron chi connectivity index (χ1n) is 13.8. The molecule has 1 aromatic carbocycles. The molecular formula is C30H40O5. The van der Waals surface area contributed by atoms with E-state index in [4.69, 9.17) is 14.2 Å². The maximum atomic E-state index is 12.8. The lowest BCUT2D eigenvalue weighted by Gasteiger charge is -2.64. The number of Topliss-reactive ketones (excluding diaryl/α,β-unsaturated/α-hetero) is 1. The van der Waals surface area contributed by atoms with Crippen LogP contribution in [-0.4, -0.2) is 36.9 Å². The molecule has 190 valence electrons. The lowest BCUT2D eigenvalue weighted by atomic mass is 9.43. The van der Waals surface area contributed by atoms with Gasteiger partial charge in [-0.2, -0.15) is 0 Å². The first-order chi connectivity index (χ1) is 16.8. The summed E-state index contributed by atoms with van der Waals surface area (Å²) in [5.74, 6) is 1.65. The molecule has 4 saturated carbocycles. The van der Waals surface area contributed by atoms with Gasteiger partial charge in [-0.25, -0.2) is 4.79 Å². The van der Waals surface area contributed by atoms with Crippen LogP contribution in [0.25, 0.3) is 0 Å². The summed E-state index contributed by atoms with van der Waals surface area (Å²) in [6, 6.07) is 9.35. The van der Waals surface area contributed by atoms with Crippen LogP contribution in [0.1, 0.15) is 82.5 Å². The Balaban J connectivity index is 1.25. The van der Waals surface area contributed by atoms with Crippen LogP contribution in [0.5, 0.6) is 0 Å². The van der Waals surface area contributed by atoms with Crippen LogP contribution in [0.3, 0.4) is 0 Å². The van der Waals surface area contributed by atoms with Crippen molar-refractivity contribution in [3.05, 3.63) is 35.9 Å². The minimum absolute atomic E-state index is 0.00676. The van der Waals surface area contributed by atoms with Gasteiger partial charge in [-0.15, -0.1) is 0 Å². The Labute approximate surface area is 209 Å². The average molecular weight is 481 g/mol. The smallest absolute Gasteiger partial charge is 0.338 e. The highest BCUT2D eigenvalue weighted by atomic mass is 16.7. The molecule has 1 saturated heterocycles. The molecule has 1 aliphatic heterocycles. The number of carbonyl (C=O) groups is 2. The summed E-state index contributed by atoms with van der Waals surface area (Å²) >= 11 is 0. The Morgan fingerprint density at radius 2 is 1.69 bits per heavy atom. The van der Waals surface area contributed by atoms with Gasteiger partial charge in [0.25, 0.3) is 0 Å². The van der Waals surface area contributed by atoms with Crippen molar-refractivity contribution in [2.24, 2.45) is 40.4 Å². The van der Waals surface area contributed by atoms with Gasteiger partial charge in [-0.3, -0.25) is 4.79 Å². The third-order valence-corrected chi connectivity index (χ3v) is 11.3. The summed E-state index contributed by atoms with van der Waals surface area (Å²) in [6.07, 6.45) is 8.28. The molecule has 1 aromatic rings. The normalized spacial score (nSPS) is 43.7. The summed E-state index contributed by atoms with van der Waals surface area (Å²) in [5.41, 5.74) is 0.591. The second-order valence-corrected chi connectivity index (χ2v) is 12.5. The highest BCUT2D eigenvalue weighted by molar-refractivity contribution is 5.89. The predicted octanol–water partition coefficient (Wildman–Crippen LogP) is 5.81. The summed E-state index contributed by atoms with van der Waals surface area (Å²) in [6.45, 7) is 7.83. The first-order valence-corrected chi connectivity index (χ1v) is 13.8. The third kappa shape index (κ3) is 3.40. The van der Waals surface area contributed by atoms with E-state index in [1.54, 1.807) is 6.92 Å². The first kappa shape index (κ1) is 23.7. The van der Waals surface area contributed by atoms with Crippen molar-refractivity contribution in [1.82, 2.24) is 0 Å². The van der Waals surface area contributed by atoms with Crippen molar-refractivity contribution in [2.75, 3.05) is 13.2 Å². The molecule has 0 N–H and O–H groups in total. The van der Waals surface area contributed by atoms with Crippen molar-refractivity contribution < 1.29 is 23.8 Å². The van der Waals surface area contributed by atoms with Crippen LogP contribution in [0, 0.1) is 40.4 Å². The maximum absolute atomic E-state index is 12.8. The van der Waals surface area contributed by atoms with Crippen molar-refractivity contribution in [1.29, 1.82) is 0 Å². The Kier molecular flexibility index (Phi) is 5.69. The van der Waals surface area contributed by atoms with E-state index in [9.17, 15) is 9.59 Å². The van der Waals surface area contributed by atoms with Gasteiger partial charge in [0.05, 0.1) is 18.8 Å². The molecule has 5 fully saturated rings. The van der Waals surface area contributed by atoms with E-state index >= 15 is 0 Å². The Hall–Kier alpha value is -1.72. The van der Waals surface area contributed by atoms with E-state index in [-0.39, 0.29) is 28.8 Å². The van der Waals surface area contributed by atoms with Gasteiger partial charge in [0.2, 0.25) is 0 Å². The van der Waals surface area contributed by atoms with E-state index in [2.05, 4.69) is 13.8 Å². The molecule has 4 aliphatic carbocycles. The van der Waals surface area contributed by atoms with E-state index in [1.807, 2.05) is 30.3 Å². The van der Waals surface area contributed by atoms with E-state index in [0.717, 1.165) is 38.5 Å². The molecular weight excluding hydrogens is 440 g/mol. The lowest BCUT2D eigenvalue weighted by molar-refractivity contribution is -0.308. The van der Waals surface area contributed by atoms with Crippen molar-refractivity contribution in [3.8, 4) is 0 Å². The summed E-state index contributed by atoms with van der Waals surface area (Å²) < 4.78 is 19.1. The molecule has 0 bridgehead atoms. The number of rotatable bonds is 3. The van der Waals surface area contributed by atoms with Crippen LogP contribution >= 0.6 is 0 Å². The van der Waals surface area contributed by atoms with Gasteiger partial charge in [0.1, 0.15) is 11.9 Å². The minimum atomic E-state index is -0.632. The van der Waals surface area contributed by atoms with E-state index < -0.39 is 5.79 Å². The molecule has 6 rings (SSSR count). The fraction of sp³-hybridized carbons (Fsp3) is 0.733. The van der Waals surface area contributed by atoms with Crippen LogP contribution < -0.4 is 0 Å². The SMILES string of the molecule is CC(=O)[C@H]1CC[C@H]2[C@@H]3CC[C@@H]4C[C@@H](OC(=O)c5ccccc5)CC[C@]4(C)[C@H]3CC3(OCCO3)[C@]12C. The molecule has 0 radical (unpaired) electrons. The van der Waals surface area contributed by atoms with Crippen LogP contribution in [0.2, 0.25) is 0 Å². The number of fused-ring (bicyclic) bond motifs is 6. The zero-order valence-electron chi connectivity index (χ0n) is 21.5. The second-order valence-electron chi connectivity index (χ2n) is 12.5. The molecule has 5 nitrogen and oxygen atoms in total. The van der Waals surface area contributed by atoms with Gasteiger partial charge in [-0.1, -0.05) is 32.0 Å². The van der Waals surface area contributed by atoms with Crippen LogP contribution in [0.4, 0.5) is 0 Å².